The second-order valence-corrected chi connectivity index (χ2v) is 7.63. The first-order valence-corrected chi connectivity index (χ1v) is 8.82. The normalized spacial score (nSPS) is 11.4. The Labute approximate surface area is 160 Å². The minimum Gasteiger partial charge on any atom is -0.416 e. The molecule has 3 rings (SSSR count). The van der Waals surface area contributed by atoms with E-state index < -0.39 is 5.41 Å². The number of anilines is 1. The number of rotatable bonds is 3. The lowest BCUT2D eigenvalue weighted by molar-refractivity contribution is -0.124. The molecule has 1 heterocycles. The summed E-state index contributed by atoms with van der Waals surface area (Å²) in [6.45, 7) is 5.71. The van der Waals surface area contributed by atoms with Crippen molar-refractivity contribution in [1.29, 1.82) is 0 Å². The molecule has 5 nitrogen and oxygen atoms in total. The Balaban J connectivity index is 1.82. The van der Waals surface area contributed by atoms with Crippen LogP contribution >= 0.6 is 22.9 Å². The highest BCUT2D eigenvalue weighted by Gasteiger charge is 2.27. The number of carbonyl (C=O) groups excluding carboxylic acids is 1. The van der Waals surface area contributed by atoms with E-state index in [4.69, 9.17) is 4.42 Å². The van der Waals surface area contributed by atoms with Crippen LogP contribution in [0.3, 0.4) is 0 Å². The van der Waals surface area contributed by atoms with Crippen LogP contribution in [0.2, 0.25) is 0 Å². The van der Waals surface area contributed by atoms with Gasteiger partial charge in [0.05, 0.1) is 28.6 Å². The summed E-state index contributed by atoms with van der Waals surface area (Å²) in [6.07, 6.45) is 0. The van der Waals surface area contributed by atoms with Crippen LogP contribution in [0.4, 0.5) is 5.69 Å². The average molecular weight is 447 g/mol. The van der Waals surface area contributed by atoms with Gasteiger partial charge in [-0.1, -0.05) is 39.0 Å². The van der Waals surface area contributed by atoms with Crippen LogP contribution < -0.4 is 3.11 Å². The van der Waals surface area contributed by atoms with Crippen molar-refractivity contribution in [3.8, 4) is 22.9 Å². The highest BCUT2D eigenvalue weighted by molar-refractivity contribution is 14.1. The van der Waals surface area contributed by atoms with Gasteiger partial charge in [0, 0.05) is 16.5 Å². The lowest BCUT2D eigenvalue weighted by Gasteiger charge is -2.24. The first-order valence-electron chi connectivity index (χ1n) is 7.86. The second kappa shape index (κ2) is 6.95. The highest BCUT2D eigenvalue weighted by atomic mass is 127. The van der Waals surface area contributed by atoms with Gasteiger partial charge in [0.25, 0.3) is 0 Å². The molecule has 1 aromatic heterocycles. The van der Waals surface area contributed by atoms with Crippen molar-refractivity contribution in [2.24, 2.45) is 5.41 Å². The van der Waals surface area contributed by atoms with Gasteiger partial charge in [0.1, 0.15) is 0 Å². The van der Waals surface area contributed by atoms with Crippen LogP contribution in [0, 0.1) is 5.41 Å². The molecule has 0 saturated carbocycles. The predicted molar refractivity (Wildman–Crippen MR) is 106 cm³/mol. The fraction of sp³-hybridized carbons (Fsp3) is 0.211. The third kappa shape index (κ3) is 3.89. The number of carbonyl (C=O) groups is 1. The lowest BCUT2D eigenvalue weighted by atomic mass is 9.95. The van der Waals surface area contributed by atoms with Crippen LogP contribution in [0.15, 0.2) is 59.0 Å². The molecule has 0 aliphatic rings. The number of hydrogen-bond acceptors (Lipinski definition) is 4. The van der Waals surface area contributed by atoms with Crippen molar-refractivity contribution < 1.29 is 9.21 Å². The Bertz CT molecular complexity index is 868. The minimum absolute atomic E-state index is 0.0463. The monoisotopic (exact) mass is 447 g/mol. The number of hydrogen-bond donors (Lipinski definition) is 0. The van der Waals surface area contributed by atoms with E-state index in [1.807, 2.05) is 98.2 Å². The smallest absolute Gasteiger partial charge is 0.248 e. The van der Waals surface area contributed by atoms with Crippen LogP contribution in [0.1, 0.15) is 20.8 Å². The predicted octanol–water partition coefficient (Wildman–Crippen LogP) is 5.13. The van der Waals surface area contributed by atoms with E-state index in [1.54, 1.807) is 3.11 Å². The number of benzene rings is 2. The molecule has 0 spiro atoms. The van der Waals surface area contributed by atoms with E-state index >= 15 is 0 Å². The molecule has 0 radical (unpaired) electrons. The summed E-state index contributed by atoms with van der Waals surface area (Å²) >= 11 is 2.03. The standard InChI is InChI=1S/C19H18IN3O2/c1-19(2,3)18(24)23(20)15-11-9-14(10-12-15)17-22-21-16(25-17)13-7-5-4-6-8-13/h4-12H,1-3H3. The van der Waals surface area contributed by atoms with Crippen molar-refractivity contribution in [2.75, 3.05) is 3.11 Å². The highest BCUT2D eigenvalue weighted by Crippen LogP contribution is 2.29. The molecule has 0 unspecified atom stereocenters. The van der Waals surface area contributed by atoms with Crippen LogP contribution in [0.5, 0.6) is 0 Å². The summed E-state index contributed by atoms with van der Waals surface area (Å²) in [5.41, 5.74) is 2.07. The molecule has 25 heavy (non-hydrogen) atoms. The van der Waals surface area contributed by atoms with Crippen molar-refractivity contribution >= 4 is 34.5 Å². The van der Waals surface area contributed by atoms with Gasteiger partial charge in [-0.3, -0.25) is 7.91 Å². The number of aromatic nitrogens is 2. The molecule has 3 aromatic rings. The zero-order valence-electron chi connectivity index (χ0n) is 14.2. The first kappa shape index (κ1) is 17.6. The summed E-state index contributed by atoms with van der Waals surface area (Å²) in [5, 5.41) is 8.21. The summed E-state index contributed by atoms with van der Waals surface area (Å²) in [7, 11) is 0. The fourth-order valence-electron chi connectivity index (χ4n) is 2.18. The average Bonchev–Trinajstić information content (AvgIpc) is 3.11. The van der Waals surface area contributed by atoms with E-state index in [0.717, 1.165) is 16.8 Å². The van der Waals surface area contributed by atoms with Gasteiger partial charge in [-0.15, -0.1) is 10.2 Å². The maximum atomic E-state index is 12.4. The molecule has 0 fully saturated rings. The molecule has 6 heteroatoms. The largest absolute Gasteiger partial charge is 0.416 e. The van der Waals surface area contributed by atoms with Crippen LogP contribution in [-0.4, -0.2) is 16.1 Å². The molecule has 0 aliphatic heterocycles. The van der Waals surface area contributed by atoms with Gasteiger partial charge < -0.3 is 4.42 Å². The van der Waals surface area contributed by atoms with Gasteiger partial charge >= 0.3 is 0 Å². The van der Waals surface area contributed by atoms with E-state index in [-0.39, 0.29) is 5.91 Å². The number of nitrogens with zero attached hydrogens (tertiary/aromatic N) is 3. The summed E-state index contributed by atoms with van der Waals surface area (Å²) in [6, 6.07) is 17.1. The Morgan fingerprint density at radius 2 is 1.44 bits per heavy atom. The lowest BCUT2D eigenvalue weighted by Crippen LogP contribution is -2.32. The van der Waals surface area contributed by atoms with Crippen LogP contribution in [-0.2, 0) is 4.79 Å². The zero-order chi connectivity index (χ0) is 18.0. The topological polar surface area (TPSA) is 59.2 Å². The second-order valence-electron chi connectivity index (χ2n) is 6.66. The number of halogens is 1. The van der Waals surface area contributed by atoms with Gasteiger partial charge in [-0.2, -0.15) is 0 Å². The van der Waals surface area contributed by atoms with Crippen molar-refractivity contribution in [3.63, 3.8) is 0 Å². The van der Waals surface area contributed by atoms with Crippen LogP contribution in [0.25, 0.3) is 22.9 Å². The van der Waals surface area contributed by atoms with E-state index in [1.165, 1.54) is 0 Å². The van der Waals surface area contributed by atoms with Gasteiger partial charge in [0.15, 0.2) is 0 Å². The molecule has 0 N–H and O–H groups in total. The third-order valence-electron chi connectivity index (χ3n) is 3.61. The Hall–Kier alpha value is -2.22. The Morgan fingerprint density at radius 3 is 1.96 bits per heavy atom. The summed E-state index contributed by atoms with van der Waals surface area (Å²) in [5.74, 6) is 0.982. The molecule has 0 saturated heterocycles. The maximum Gasteiger partial charge on any atom is 0.248 e. The molecular formula is C19H18IN3O2. The third-order valence-corrected chi connectivity index (χ3v) is 4.60. The van der Waals surface area contributed by atoms with E-state index in [0.29, 0.717) is 11.8 Å². The zero-order valence-corrected chi connectivity index (χ0v) is 16.4. The molecule has 128 valence electrons. The molecule has 1 amide bonds. The molecule has 0 atom stereocenters. The minimum atomic E-state index is -0.434. The van der Waals surface area contributed by atoms with Gasteiger partial charge in [-0.05, 0) is 36.4 Å². The molecule has 2 aromatic carbocycles. The van der Waals surface area contributed by atoms with Crippen molar-refractivity contribution in [2.45, 2.75) is 20.8 Å². The van der Waals surface area contributed by atoms with Crippen molar-refractivity contribution in [3.05, 3.63) is 54.6 Å². The summed E-state index contributed by atoms with van der Waals surface area (Å²) < 4.78 is 7.38. The van der Waals surface area contributed by atoms with Gasteiger partial charge in [-0.25, -0.2) is 0 Å². The fourth-order valence-corrected chi connectivity index (χ4v) is 3.23. The summed E-state index contributed by atoms with van der Waals surface area (Å²) in [4.78, 5) is 12.4. The maximum absolute atomic E-state index is 12.4. The van der Waals surface area contributed by atoms with E-state index in [9.17, 15) is 4.79 Å². The Morgan fingerprint density at radius 1 is 0.920 bits per heavy atom. The Kier molecular flexibility index (Phi) is 4.89. The SMILES string of the molecule is CC(C)(C)C(=O)N(I)c1ccc(-c2nnc(-c3ccccc3)o2)cc1. The molecular weight excluding hydrogens is 429 g/mol. The van der Waals surface area contributed by atoms with Crippen molar-refractivity contribution in [1.82, 2.24) is 10.2 Å². The van der Waals surface area contributed by atoms with E-state index in [2.05, 4.69) is 10.2 Å². The first-order chi connectivity index (χ1) is 11.9. The molecule has 0 aliphatic carbocycles. The number of amides is 1. The molecule has 0 bridgehead atoms. The van der Waals surface area contributed by atoms with Gasteiger partial charge in [0.2, 0.25) is 17.7 Å². The quantitative estimate of drug-likeness (QED) is 0.413.